The van der Waals surface area contributed by atoms with Gasteiger partial charge in [-0.1, -0.05) is 35.9 Å². The molecule has 3 nitrogen and oxygen atoms in total. The van der Waals surface area contributed by atoms with Gasteiger partial charge >= 0.3 is 5.97 Å². The van der Waals surface area contributed by atoms with Gasteiger partial charge in [0.05, 0.1) is 6.10 Å². The Hall–Kier alpha value is -1.36. The molecule has 22 heavy (non-hydrogen) atoms. The molecule has 0 saturated heterocycles. The number of rotatable bonds is 7. The van der Waals surface area contributed by atoms with Crippen LogP contribution < -0.4 is 5.32 Å². The van der Waals surface area contributed by atoms with Crippen LogP contribution >= 0.6 is 22.9 Å². The van der Waals surface area contributed by atoms with Crippen molar-refractivity contribution in [1.29, 1.82) is 0 Å². The predicted molar refractivity (Wildman–Crippen MR) is 91.4 cm³/mol. The first-order valence-corrected chi connectivity index (χ1v) is 8.54. The number of esters is 1. The van der Waals surface area contributed by atoms with Crippen molar-refractivity contribution in [3.05, 3.63) is 57.2 Å². The molecule has 0 spiro atoms. The summed E-state index contributed by atoms with van der Waals surface area (Å²) in [5.74, 6) is -0.297. The molecular formula is C17H20ClNO2S. The van der Waals surface area contributed by atoms with E-state index in [1.165, 1.54) is 4.88 Å². The first kappa shape index (κ1) is 17.0. The van der Waals surface area contributed by atoms with Crippen molar-refractivity contribution < 1.29 is 9.53 Å². The van der Waals surface area contributed by atoms with Crippen LogP contribution in [0.4, 0.5) is 0 Å². The van der Waals surface area contributed by atoms with Crippen LogP contribution in [0.25, 0.3) is 0 Å². The highest BCUT2D eigenvalue weighted by Gasteiger charge is 2.24. The fourth-order valence-electron chi connectivity index (χ4n) is 2.12. The SMILES string of the molecule is CC(C)OC(=O)C(NCCc1cccs1)c1ccccc1Cl. The van der Waals surface area contributed by atoms with E-state index in [2.05, 4.69) is 11.4 Å². The molecule has 1 heterocycles. The van der Waals surface area contributed by atoms with E-state index in [-0.39, 0.29) is 12.1 Å². The minimum Gasteiger partial charge on any atom is -0.462 e. The van der Waals surface area contributed by atoms with Crippen LogP contribution in [0.2, 0.25) is 5.02 Å². The van der Waals surface area contributed by atoms with Gasteiger partial charge in [0.25, 0.3) is 0 Å². The van der Waals surface area contributed by atoms with Crippen molar-refractivity contribution in [2.75, 3.05) is 6.54 Å². The number of thiophene rings is 1. The zero-order chi connectivity index (χ0) is 15.9. The summed E-state index contributed by atoms with van der Waals surface area (Å²) >= 11 is 7.94. The minimum atomic E-state index is -0.545. The fourth-order valence-corrected chi connectivity index (χ4v) is 3.08. The second-order valence-corrected chi connectivity index (χ2v) is 6.66. The first-order valence-electron chi connectivity index (χ1n) is 7.28. The molecule has 5 heteroatoms. The summed E-state index contributed by atoms with van der Waals surface area (Å²) in [7, 11) is 0. The third kappa shape index (κ3) is 4.83. The molecule has 2 aromatic rings. The fraction of sp³-hybridized carbons (Fsp3) is 0.353. The summed E-state index contributed by atoms with van der Waals surface area (Å²) in [6.45, 7) is 4.37. The zero-order valence-corrected chi connectivity index (χ0v) is 14.3. The molecule has 0 aliphatic heterocycles. The van der Waals surface area contributed by atoms with E-state index in [9.17, 15) is 4.79 Å². The van der Waals surface area contributed by atoms with E-state index in [4.69, 9.17) is 16.3 Å². The first-order chi connectivity index (χ1) is 10.6. The van der Waals surface area contributed by atoms with Gasteiger partial charge in [0.1, 0.15) is 6.04 Å². The second kappa shape index (κ2) is 8.32. The lowest BCUT2D eigenvalue weighted by Gasteiger charge is -2.20. The van der Waals surface area contributed by atoms with Gasteiger partial charge < -0.3 is 10.1 Å². The molecule has 1 aromatic heterocycles. The average Bonchev–Trinajstić information content (AvgIpc) is 2.97. The maximum absolute atomic E-state index is 12.4. The van der Waals surface area contributed by atoms with E-state index in [0.29, 0.717) is 11.6 Å². The van der Waals surface area contributed by atoms with Gasteiger partial charge in [0, 0.05) is 16.4 Å². The van der Waals surface area contributed by atoms with Crippen LogP contribution in [0.15, 0.2) is 41.8 Å². The summed E-state index contributed by atoms with van der Waals surface area (Å²) in [5, 5.41) is 5.88. The molecule has 0 aliphatic carbocycles. The Morgan fingerprint density at radius 3 is 2.68 bits per heavy atom. The van der Waals surface area contributed by atoms with Gasteiger partial charge in [-0.25, -0.2) is 4.79 Å². The van der Waals surface area contributed by atoms with Crippen molar-refractivity contribution in [2.45, 2.75) is 32.4 Å². The van der Waals surface area contributed by atoms with Crippen LogP contribution in [0.3, 0.4) is 0 Å². The number of nitrogens with one attached hydrogen (secondary N) is 1. The quantitative estimate of drug-likeness (QED) is 0.768. The van der Waals surface area contributed by atoms with E-state index < -0.39 is 6.04 Å². The third-order valence-corrected chi connectivity index (χ3v) is 4.38. The molecule has 0 aliphatic rings. The molecule has 1 atom stereocenters. The predicted octanol–water partition coefficient (Wildman–Crippen LogP) is 4.23. The topological polar surface area (TPSA) is 38.3 Å². The van der Waals surface area contributed by atoms with Crippen LogP contribution in [0.5, 0.6) is 0 Å². The Balaban J connectivity index is 2.07. The molecule has 1 N–H and O–H groups in total. The van der Waals surface area contributed by atoms with Crippen molar-refractivity contribution >= 4 is 28.9 Å². The van der Waals surface area contributed by atoms with Crippen LogP contribution in [0, 0.1) is 0 Å². The van der Waals surface area contributed by atoms with Gasteiger partial charge in [0.15, 0.2) is 0 Å². The van der Waals surface area contributed by atoms with Gasteiger partial charge in [-0.15, -0.1) is 11.3 Å². The van der Waals surface area contributed by atoms with Crippen molar-refractivity contribution in [2.24, 2.45) is 0 Å². The average molecular weight is 338 g/mol. The van der Waals surface area contributed by atoms with Crippen LogP contribution in [-0.4, -0.2) is 18.6 Å². The monoisotopic (exact) mass is 337 g/mol. The van der Waals surface area contributed by atoms with Crippen molar-refractivity contribution in [3.63, 3.8) is 0 Å². The highest BCUT2D eigenvalue weighted by atomic mass is 35.5. The lowest BCUT2D eigenvalue weighted by atomic mass is 10.1. The Bertz CT molecular complexity index is 598. The van der Waals surface area contributed by atoms with E-state index >= 15 is 0 Å². The van der Waals surface area contributed by atoms with Gasteiger partial charge in [-0.2, -0.15) is 0 Å². The maximum Gasteiger partial charge on any atom is 0.328 e. The highest BCUT2D eigenvalue weighted by Crippen LogP contribution is 2.24. The number of hydrogen-bond donors (Lipinski definition) is 1. The second-order valence-electron chi connectivity index (χ2n) is 5.22. The highest BCUT2D eigenvalue weighted by molar-refractivity contribution is 7.09. The molecule has 0 amide bonds. The molecule has 2 rings (SSSR count). The molecule has 0 bridgehead atoms. The summed E-state index contributed by atoms with van der Waals surface area (Å²) in [6.07, 6.45) is 0.713. The number of hydrogen-bond acceptors (Lipinski definition) is 4. The minimum absolute atomic E-state index is 0.156. The van der Waals surface area contributed by atoms with Crippen LogP contribution in [0.1, 0.15) is 30.3 Å². The molecule has 1 aromatic carbocycles. The van der Waals surface area contributed by atoms with Gasteiger partial charge in [-0.05, 0) is 43.3 Å². The number of benzene rings is 1. The van der Waals surface area contributed by atoms with Crippen molar-refractivity contribution in [1.82, 2.24) is 5.32 Å². The molecule has 118 valence electrons. The molecule has 1 unspecified atom stereocenters. The Morgan fingerprint density at radius 1 is 1.27 bits per heavy atom. The zero-order valence-electron chi connectivity index (χ0n) is 12.7. The van der Waals surface area contributed by atoms with Crippen molar-refractivity contribution in [3.8, 4) is 0 Å². The smallest absolute Gasteiger partial charge is 0.328 e. The molecule has 0 fully saturated rings. The maximum atomic E-state index is 12.4. The van der Waals surface area contributed by atoms with E-state index in [1.54, 1.807) is 17.4 Å². The normalized spacial score (nSPS) is 12.4. The largest absolute Gasteiger partial charge is 0.462 e. The molecule has 0 saturated carbocycles. The molecule has 0 radical (unpaired) electrons. The Morgan fingerprint density at radius 2 is 2.05 bits per heavy atom. The lowest BCUT2D eigenvalue weighted by Crippen LogP contribution is -2.33. The number of halogens is 1. The summed E-state index contributed by atoms with van der Waals surface area (Å²) in [4.78, 5) is 13.6. The number of carbonyl (C=O) groups is 1. The Labute approximate surface area is 140 Å². The Kier molecular flexibility index (Phi) is 6.43. The van der Waals surface area contributed by atoms with E-state index in [0.717, 1.165) is 12.0 Å². The third-order valence-electron chi connectivity index (χ3n) is 3.10. The number of ether oxygens (including phenoxy) is 1. The molecular weight excluding hydrogens is 318 g/mol. The summed E-state index contributed by atoms with van der Waals surface area (Å²) in [5.41, 5.74) is 0.751. The summed E-state index contributed by atoms with van der Waals surface area (Å²) in [6, 6.07) is 10.9. The number of carbonyl (C=O) groups excluding carboxylic acids is 1. The van der Waals surface area contributed by atoms with Gasteiger partial charge in [-0.3, -0.25) is 0 Å². The van der Waals surface area contributed by atoms with E-state index in [1.807, 2.05) is 43.5 Å². The summed E-state index contributed by atoms with van der Waals surface area (Å²) < 4.78 is 5.35. The lowest BCUT2D eigenvalue weighted by molar-refractivity contribution is -0.150. The van der Waals surface area contributed by atoms with Gasteiger partial charge in [0.2, 0.25) is 0 Å². The standard InChI is InChI=1S/C17H20ClNO2S/c1-12(2)21-17(20)16(14-7-3-4-8-15(14)18)19-10-9-13-6-5-11-22-13/h3-8,11-12,16,19H,9-10H2,1-2H3. The van der Waals surface area contributed by atoms with Crippen LogP contribution in [-0.2, 0) is 16.0 Å².